The summed E-state index contributed by atoms with van der Waals surface area (Å²) in [6.07, 6.45) is 1.03. The van der Waals surface area contributed by atoms with Gasteiger partial charge in [0, 0.05) is 0 Å². The molecule has 0 fully saturated rings. The third kappa shape index (κ3) is 4.26. The number of halogens is 1. The fourth-order valence-electron chi connectivity index (χ4n) is 1.25. The van der Waals surface area contributed by atoms with E-state index in [1.165, 1.54) is 18.2 Å². The van der Waals surface area contributed by atoms with Gasteiger partial charge < -0.3 is 11.1 Å². The van der Waals surface area contributed by atoms with Gasteiger partial charge in [-0.2, -0.15) is 0 Å². The van der Waals surface area contributed by atoms with Crippen LogP contribution in [-0.2, 0) is 4.79 Å². The lowest BCUT2D eigenvalue weighted by Gasteiger charge is -2.12. The molecular formula is C12H17FN2OS. The average Bonchev–Trinajstić information content (AvgIpc) is 2.29. The summed E-state index contributed by atoms with van der Waals surface area (Å²) in [4.78, 5) is 11.8. The highest BCUT2D eigenvalue weighted by molar-refractivity contribution is 8.00. The zero-order chi connectivity index (χ0) is 12.8. The first-order valence-electron chi connectivity index (χ1n) is 5.52. The van der Waals surface area contributed by atoms with E-state index in [4.69, 9.17) is 5.73 Å². The van der Waals surface area contributed by atoms with Crippen LogP contribution < -0.4 is 11.1 Å². The molecule has 0 spiro atoms. The predicted molar refractivity (Wildman–Crippen MR) is 71.7 cm³/mol. The monoisotopic (exact) mass is 256 g/mol. The molecular weight excluding hydrogens is 239 g/mol. The Bertz CT molecular complexity index is 398. The molecule has 0 radical (unpaired) electrons. The van der Waals surface area contributed by atoms with E-state index in [-0.39, 0.29) is 16.8 Å². The lowest BCUT2D eigenvalue weighted by molar-refractivity contribution is -0.115. The Morgan fingerprint density at radius 1 is 1.59 bits per heavy atom. The SMILES string of the molecule is CCCSC(C)C(=O)Nc1ccc(F)cc1N. The lowest BCUT2D eigenvalue weighted by atomic mass is 10.2. The first kappa shape index (κ1) is 13.8. The summed E-state index contributed by atoms with van der Waals surface area (Å²) in [5.41, 5.74) is 6.31. The summed E-state index contributed by atoms with van der Waals surface area (Å²) < 4.78 is 12.8. The van der Waals surface area contributed by atoms with Gasteiger partial charge in [0.15, 0.2) is 0 Å². The Labute approximate surface area is 105 Å². The van der Waals surface area contributed by atoms with Gasteiger partial charge in [0.25, 0.3) is 0 Å². The number of carbonyl (C=O) groups is 1. The smallest absolute Gasteiger partial charge is 0.237 e. The van der Waals surface area contributed by atoms with Crippen LogP contribution in [-0.4, -0.2) is 16.9 Å². The van der Waals surface area contributed by atoms with E-state index in [1.54, 1.807) is 11.8 Å². The second-order valence-electron chi connectivity index (χ2n) is 3.73. The van der Waals surface area contributed by atoms with Gasteiger partial charge in [0.2, 0.25) is 5.91 Å². The van der Waals surface area contributed by atoms with Crippen molar-refractivity contribution < 1.29 is 9.18 Å². The fraction of sp³-hybridized carbons (Fsp3) is 0.417. The van der Waals surface area contributed by atoms with Crippen LogP contribution in [0, 0.1) is 5.82 Å². The molecule has 1 aromatic rings. The van der Waals surface area contributed by atoms with Crippen LogP contribution in [0.5, 0.6) is 0 Å². The van der Waals surface area contributed by atoms with Gasteiger partial charge in [-0.05, 0) is 37.3 Å². The zero-order valence-electron chi connectivity index (χ0n) is 10.00. The summed E-state index contributed by atoms with van der Waals surface area (Å²) in [6, 6.07) is 3.94. The Kier molecular flexibility index (Phi) is 5.28. The highest BCUT2D eigenvalue weighted by Gasteiger charge is 2.14. The molecule has 5 heteroatoms. The molecule has 0 aliphatic rings. The van der Waals surface area contributed by atoms with E-state index >= 15 is 0 Å². The highest BCUT2D eigenvalue weighted by atomic mass is 32.2. The Balaban J connectivity index is 2.61. The molecule has 3 nitrogen and oxygen atoms in total. The number of nitrogens with one attached hydrogen (secondary N) is 1. The lowest BCUT2D eigenvalue weighted by Crippen LogP contribution is -2.23. The van der Waals surface area contributed by atoms with Crippen LogP contribution in [0.3, 0.4) is 0 Å². The minimum atomic E-state index is -0.408. The summed E-state index contributed by atoms with van der Waals surface area (Å²) in [5.74, 6) is 0.420. The van der Waals surface area contributed by atoms with Crippen LogP contribution >= 0.6 is 11.8 Å². The highest BCUT2D eigenvalue weighted by Crippen LogP contribution is 2.21. The number of thioether (sulfide) groups is 1. The number of hydrogen-bond donors (Lipinski definition) is 2. The maximum Gasteiger partial charge on any atom is 0.237 e. The van der Waals surface area contributed by atoms with Crippen molar-refractivity contribution in [1.29, 1.82) is 0 Å². The molecule has 1 amide bonds. The molecule has 1 aromatic carbocycles. The normalized spacial score (nSPS) is 12.2. The van der Waals surface area contributed by atoms with Gasteiger partial charge in [-0.15, -0.1) is 11.8 Å². The van der Waals surface area contributed by atoms with Crippen LogP contribution in [0.1, 0.15) is 20.3 Å². The van der Waals surface area contributed by atoms with Crippen molar-refractivity contribution in [2.75, 3.05) is 16.8 Å². The van der Waals surface area contributed by atoms with Gasteiger partial charge in [0.05, 0.1) is 16.6 Å². The van der Waals surface area contributed by atoms with Gasteiger partial charge in [-0.1, -0.05) is 6.92 Å². The number of hydrogen-bond acceptors (Lipinski definition) is 3. The van der Waals surface area contributed by atoms with Gasteiger partial charge in [-0.25, -0.2) is 4.39 Å². The molecule has 1 unspecified atom stereocenters. The molecule has 94 valence electrons. The van der Waals surface area contributed by atoms with Crippen molar-refractivity contribution in [2.45, 2.75) is 25.5 Å². The molecule has 0 bridgehead atoms. The van der Waals surface area contributed by atoms with Gasteiger partial charge in [-0.3, -0.25) is 4.79 Å². The van der Waals surface area contributed by atoms with E-state index in [1.807, 2.05) is 6.92 Å². The third-order valence-corrected chi connectivity index (χ3v) is 3.57. The number of rotatable bonds is 5. The quantitative estimate of drug-likeness (QED) is 0.796. The van der Waals surface area contributed by atoms with Crippen molar-refractivity contribution in [3.63, 3.8) is 0 Å². The molecule has 0 aliphatic carbocycles. The Hall–Kier alpha value is -1.23. The average molecular weight is 256 g/mol. The van der Waals surface area contributed by atoms with Crippen molar-refractivity contribution >= 4 is 29.0 Å². The summed E-state index contributed by atoms with van der Waals surface area (Å²) in [7, 11) is 0. The van der Waals surface area contributed by atoms with E-state index < -0.39 is 5.82 Å². The first-order valence-corrected chi connectivity index (χ1v) is 6.57. The maximum atomic E-state index is 12.8. The van der Waals surface area contributed by atoms with Crippen molar-refractivity contribution in [1.82, 2.24) is 0 Å². The number of nitrogens with two attached hydrogens (primary N) is 1. The van der Waals surface area contributed by atoms with Gasteiger partial charge in [0.1, 0.15) is 5.82 Å². The van der Waals surface area contributed by atoms with Crippen molar-refractivity contribution in [3.8, 4) is 0 Å². The number of anilines is 2. The maximum absolute atomic E-state index is 12.8. The molecule has 0 saturated carbocycles. The van der Waals surface area contributed by atoms with Gasteiger partial charge >= 0.3 is 0 Å². The zero-order valence-corrected chi connectivity index (χ0v) is 10.8. The molecule has 0 saturated heterocycles. The summed E-state index contributed by atoms with van der Waals surface area (Å²) in [6.45, 7) is 3.91. The molecule has 3 N–H and O–H groups in total. The number of amides is 1. The van der Waals surface area contributed by atoms with Crippen LogP contribution in [0.4, 0.5) is 15.8 Å². The van der Waals surface area contributed by atoms with Crippen molar-refractivity contribution in [2.24, 2.45) is 0 Å². The van der Waals surface area contributed by atoms with Crippen LogP contribution in [0.15, 0.2) is 18.2 Å². The Morgan fingerprint density at radius 3 is 2.88 bits per heavy atom. The van der Waals surface area contributed by atoms with E-state index in [9.17, 15) is 9.18 Å². The minimum Gasteiger partial charge on any atom is -0.397 e. The topological polar surface area (TPSA) is 55.1 Å². The Morgan fingerprint density at radius 2 is 2.29 bits per heavy atom. The van der Waals surface area contributed by atoms with Crippen LogP contribution in [0.2, 0.25) is 0 Å². The summed E-state index contributed by atoms with van der Waals surface area (Å²) >= 11 is 1.59. The van der Waals surface area contributed by atoms with E-state index in [2.05, 4.69) is 12.2 Å². The molecule has 0 aliphatic heterocycles. The number of carbonyl (C=O) groups excluding carboxylic acids is 1. The number of nitrogen functional groups attached to an aromatic ring is 1. The summed E-state index contributed by atoms with van der Waals surface area (Å²) in [5, 5.41) is 2.56. The second kappa shape index (κ2) is 6.49. The minimum absolute atomic E-state index is 0.109. The molecule has 0 aromatic heterocycles. The molecule has 1 atom stereocenters. The fourth-order valence-corrected chi connectivity index (χ4v) is 2.05. The van der Waals surface area contributed by atoms with E-state index in [0.717, 1.165) is 12.2 Å². The standard InChI is InChI=1S/C12H17FN2OS/c1-3-6-17-8(2)12(16)15-11-5-4-9(13)7-10(11)14/h4-5,7-8H,3,6,14H2,1-2H3,(H,15,16). The molecule has 17 heavy (non-hydrogen) atoms. The second-order valence-corrected chi connectivity index (χ2v) is 5.18. The first-order chi connectivity index (χ1) is 8.04. The largest absolute Gasteiger partial charge is 0.397 e. The third-order valence-electron chi connectivity index (χ3n) is 2.21. The molecule has 0 heterocycles. The number of benzene rings is 1. The molecule has 1 rings (SSSR count). The van der Waals surface area contributed by atoms with E-state index in [0.29, 0.717) is 5.69 Å². The predicted octanol–water partition coefficient (Wildman–Crippen LogP) is 2.88. The van der Waals surface area contributed by atoms with Crippen LogP contribution in [0.25, 0.3) is 0 Å². The van der Waals surface area contributed by atoms with Crippen molar-refractivity contribution in [3.05, 3.63) is 24.0 Å².